The summed E-state index contributed by atoms with van der Waals surface area (Å²) < 4.78 is 0. The maximum atomic E-state index is 14.7. The minimum Gasteiger partial charge on any atom is -0.363 e. The number of carbonyl (C=O) groups excluding carboxylic acids is 5. The Labute approximate surface area is 294 Å². The van der Waals surface area contributed by atoms with E-state index >= 15 is 0 Å². The molecule has 2 saturated heterocycles. The van der Waals surface area contributed by atoms with Gasteiger partial charge >= 0.3 is 0 Å². The van der Waals surface area contributed by atoms with Crippen LogP contribution in [0.4, 0.5) is 0 Å². The van der Waals surface area contributed by atoms with Crippen LogP contribution in [-0.4, -0.2) is 83.0 Å². The highest BCUT2D eigenvalue weighted by Crippen LogP contribution is 2.31. The summed E-state index contributed by atoms with van der Waals surface area (Å²) in [5.41, 5.74) is 6.66. The summed E-state index contributed by atoms with van der Waals surface area (Å²) in [6, 6.07) is 19.6. The van der Waals surface area contributed by atoms with Crippen molar-refractivity contribution in [2.24, 2.45) is 11.7 Å². The van der Waals surface area contributed by atoms with E-state index in [-0.39, 0.29) is 30.2 Å². The van der Waals surface area contributed by atoms with Crippen molar-refractivity contribution in [3.63, 3.8) is 0 Å². The molecular weight excluding hydrogens is 630 g/mol. The van der Waals surface area contributed by atoms with Gasteiger partial charge in [-0.1, -0.05) is 99.2 Å². The van der Waals surface area contributed by atoms with Crippen molar-refractivity contribution in [2.75, 3.05) is 19.6 Å². The lowest BCUT2D eigenvalue weighted by Gasteiger charge is -2.33. The van der Waals surface area contributed by atoms with Gasteiger partial charge in [-0.3, -0.25) is 28.9 Å². The minimum atomic E-state index is -1.17. The van der Waals surface area contributed by atoms with Gasteiger partial charge in [0, 0.05) is 24.6 Å². The molecule has 0 radical (unpaired) electrons. The molecule has 4 amide bonds. The van der Waals surface area contributed by atoms with E-state index in [2.05, 4.69) is 15.5 Å². The first-order chi connectivity index (χ1) is 24.3. The summed E-state index contributed by atoms with van der Waals surface area (Å²) in [6.07, 6.45) is 9.58. The normalized spacial score (nSPS) is 21.3. The van der Waals surface area contributed by atoms with Crippen LogP contribution >= 0.6 is 0 Å². The number of fused-ring (bicyclic) bond motifs is 1. The molecule has 3 aromatic rings. The Morgan fingerprint density at radius 2 is 1.44 bits per heavy atom. The molecule has 10 heteroatoms. The number of piperidine rings is 1. The summed E-state index contributed by atoms with van der Waals surface area (Å²) in [5, 5.41) is 7.86. The Bertz CT molecular complexity index is 1680. The third kappa shape index (κ3) is 8.59. The molecule has 1 aliphatic carbocycles. The molecule has 3 fully saturated rings. The predicted octanol–water partition coefficient (Wildman–Crippen LogP) is 4.15. The number of amides is 4. The van der Waals surface area contributed by atoms with Crippen LogP contribution in [0.2, 0.25) is 0 Å². The highest BCUT2D eigenvalue weighted by atomic mass is 16.2. The number of likely N-dealkylation sites (tertiary alicyclic amines) is 2. The van der Waals surface area contributed by atoms with E-state index < -0.39 is 35.7 Å². The summed E-state index contributed by atoms with van der Waals surface area (Å²) in [4.78, 5) is 71.7. The smallest absolute Gasteiger partial charge is 0.287 e. The maximum absolute atomic E-state index is 14.7. The van der Waals surface area contributed by atoms with Gasteiger partial charge in [0.2, 0.25) is 17.6 Å². The Morgan fingerprint density at radius 1 is 0.760 bits per heavy atom. The van der Waals surface area contributed by atoms with Crippen LogP contribution in [0.5, 0.6) is 0 Å². The number of hydrogen-bond acceptors (Lipinski definition) is 6. The Morgan fingerprint density at radius 3 is 2.16 bits per heavy atom. The quantitative estimate of drug-likeness (QED) is 0.246. The van der Waals surface area contributed by atoms with Crippen molar-refractivity contribution in [2.45, 2.75) is 94.8 Å². The van der Waals surface area contributed by atoms with Gasteiger partial charge in [-0.2, -0.15) is 0 Å². The fraction of sp³-hybridized carbons (Fsp3) is 0.475. The number of benzene rings is 3. The average molecular weight is 680 g/mol. The fourth-order valence-electron chi connectivity index (χ4n) is 8.10. The van der Waals surface area contributed by atoms with Crippen LogP contribution in [0, 0.1) is 5.92 Å². The van der Waals surface area contributed by atoms with E-state index in [1.54, 1.807) is 11.0 Å². The Balaban J connectivity index is 1.27. The number of hydrogen-bond donors (Lipinski definition) is 3. The van der Waals surface area contributed by atoms with Crippen molar-refractivity contribution in [3.05, 3.63) is 83.9 Å². The van der Waals surface area contributed by atoms with E-state index in [0.717, 1.165) is 74.4 Å². The molecular formula is C40H49N5O5. The summed E-state index contributed by atoms with van der Waals surface area (Å²) in [5.74, 6) is -2.83. The first-order valence-corrected chi connectivity index (χ1v) is 18.3. The molecule has 1 saturated carbocycles. The molecule has 0 spiro atoms. The van der Waals surface area contributed by atoms with Gasteiger partial charge in [0.15, 0.2) is 0 Å². The highest BCUT2D eigenvalue weighted by Gasteiger charge is 2.45. The van der Waals surface area contributed by atoms with Gasteiger partial charge in [0.05, 0.1) is 0 Å². The second-order valence-corrected chi connectivity index (χ2v) is 14.3. The molecule has 3 aliphatic rings. The van der Waals surface area contributed by atoms with Gasteiger partial charge in [0.1, 0.15) is 18.1 Å². The number of rotatable bonds is 12. The molecule has 3 aromatic carbocycles. The van der Waals surface area contributed by atoms with Gasteiger partial charge < -0.3 is 21.3 Å². The Hall–Kier alpha value is -4.57. The van der Waals surface area contributed by atoms with E-state index in [1.165, 1.54) is 6.42 Å². The van der Waals surface area contributed by atoms with Gasteiger partial charge in [-0.25, -0.2) is 0 Å². The lowest BCUT2D eigenvalue weighted by molar-refractivity contribution is -0.142. The van der Waals surface area contributed by atoms with E-state index in [1.807, 2.05) is 66.7 Å². The number of ketones is 1. The van der Waals surface area contributed by atoms with Crippen LogP contribution in [-0.2, 0) is 25.6 Å². The minimum absolute atomic E-state index is 0.0408. The standard InChI is InChI=1S/C40H49N5O5/c41-37(47)36(46)33(22-27-12-4-1-5-13-27)42-39(49)35-25-32(44-20-10-3-11-21-44)26-45(35)40(50)34(23-28-14-6-2-7-15-28)43-38(48)31-19-18-29-16-8-9-17-30(29)24-31/h1,4-5,8-9,12-13,16-19,24,28,32-35H,2-3,6-7,10-11,14-15,20-23,25-26H2,(H2,41,47)(H,42,49)(H,43,48)/t32-,33?,34-,35+/m1/s1. The van der Waals surface area contributed by atoms with E-state index in [9.17, 15) is 24.0 Å². The van der Waals surface area contributed by atoms with Gasteiger partial charge in [-0.05, 0) is 73.2 Å². The zero-order valence-electron chi connectivity index (χ0n) is 28.7. The third-order valence-corrected chi connectivity index (χ3v) is 10.8. The summed E-state index contributed by atoms with van der Waals surface area (Å²) in [6.45, 7) is 2.13. The van der Waals surface area contributed by atoms with Crippen molar-refractivity contribution in [1.82, 2.24) is 20.4 Å². The molecule has 0 bridgehead atoms. The first kappa shape index (κ1) is 35.3. The lowest BCUT2D eigenvalue weighted by atomic mass is 9.84. The molecule has 10 nitrogen and oxygen atoms in total. The topological polar surface area (TPSA) is 142 Å². The molecule has 2 heterocycles. The van der Waals surface area contributed by atoms with E-state index in [0.29, 0.717) is 24.9 Å². The van der Waals surface area contributed by atoms with Crippen LogP contribution in [0.1, 0.15) is 80.1 Å². The molecule has 264 valence electrons. The van der Waals surface area contributed by atoms with Crippen molar-refractivity contribution in [1.29, 1.82) is 0 Å². The third-order valence-electron chi connectivity index (χ3n) is 10.8. The Kier molecular flexibility index (Phi) is 11.6. The fourth-order valence-corrected chi connectivity index (χ4v) is 8.10. The number of nitrogens with one attached hydrogen (secondary N) is 2. The monoisotopic (exact) mass is 679 g/mol. The average Bonchev–Trinajstić information content (AvgIpc) is 3.60. The molecule has 4 N–H and O–H groups in total. The highest BCUT2D eigenvalue weighted by molar-refractivity contribution is 6.38. The van der Waals surface area contributed by atoms with Crippen LogP contribution in [0.3, 0.4) is 0 Å². The first-order valence-electron chi connectivity index (χ1n) is 18.3. The van der Waals surface area contributed by atoms with Crippen molar-refractivity contribution < 1.29 is 24.0 Å². The molecule has 4 atom stereocenters. The number of carbonyl (C=O) groups is 5. The number of nitrogens with two attached hydrogens (primary N) is 1. The molecule has 6 rings (SSSR count). The summed E-state index contributed by atoms with van der Waals surface area (Å²) >= 11 is 0. The largest absolute Gasteiger partial charge is 0.363 e. The van der Waals surface area contributed by atoms with Gasteiger partial charge in [-0.15, -0.1) is 0 Å². The van der Waals surface area contributed by atoms with Crippen molar-refractivity contribution in [3.8, 4) is 0 Å². The molecule has 0 aromatic heterocycles. The molecule has 50 heavy (non-hydrogen) atoms. The molecule has 2 aliphatic heterocycles. The molecule has 1 unspecified atom stereocenters. The van der Waals surface area contributed by atoms with Crippen LogP contribution in [0.25, 0.3) is 10.8 Å². The number of nitrogens with zero attached hydrogens (tertiary/aromatic N) is 2. The number of Topliss-reactive ketones (excluding diaryl/α,β-unsaturated/α-hetero) is 1. The number of primary amides is 1. The SMILES string of the molecule is NC(=O)C(=O)C(Cc1ccccc1)NC(=O)[C@@H]1C[C@@H](N2CCCCC2)CN1C(=O)[C@@H](CC1CCCCC1)NC(=O)c1ccc2ccccc2c1. The predicted molar refractivity (Wildman–Crippen MR) is 192 cm³/mol. The van der Waals surface area contributed by atoms with Crippen LogP contribution in [0.15, 0.2) is 72.8 Å². The van der Waals surface area contributed by atoms with E-state index in [4.69, 9.17) is 5.73 Å². The van der Waals surface area contributed by atoms with Crippen LogP contribution < -0.4 is 16.4 Å². The van der Waals surface area contributed by atoms with Gasteiger partial charge in [0.25, 0.3) is 11.8 Å². The second-order valence-electron chi connectivity index (χ2n) is 14.3. The van der Waals surface area contributed by atoms with Crippen molar-refractivity contribution >= 4 is 40.2 Å². The zero-order valence-corrected chi connectivity index (χ0v) is 28.7. The maximum Gasteiger partial charge on any atom is 0.287 e. The second kappa shape index (κ2) is 16.4. The summed E-state index contributed by atoms with van der Waals surface area (Å²) in [7, 11) is 0. The lowest BCUT2D eigenvalue weighted by Crippen LogP contribution is -2.56. The zero-order chi connectivity index (χ0) is 35.0.